The van der Waals surface area contributed by atoms with Crippen molar-refractivity contribution in [2.75, 3.05) is 20.6 Å². The van der Waals surface area contributed by atoms with Crippen molar-refractivity contribution in [1.82, 2.24) is 0 Å². The highest BCUT2D eigenvalue weighted by molar-refractivity contribution is 5.70. The molecule has 0 spiro atoms. The van der Waals surface area contributed by atoms with Crippen LogP contribution in [-0.2, 0) is 22.3 Å². The molecule has 0 aromatic heterocycles. The molecule has 6 heteroatoms. The first-order valence-electron chi connectivity index (χ1n) is 11.7. The number of hydrogen-bond acceptors (Lipinski definition) is 2. The molecule has 0 bridgehead atoms. The predicted molar refractivity (Wildman–Crippen MR) is 123 cm³/mol. The maximum Gasteiger partial charge on any atom is 0.416 e. The fourth-order valence-corrected chi connectivity index (χ4v) is 4.97. The van der Waals surface area contributed by atoms with E-state index in [1.165, 1.54) is 17.7 Å². The van der Waals surface area contributed by atoms with Crippen LogP contribution in [0.15, 0.2) is 54.6 Å². The molecule has 0 saturated heterocycles. The van der Waals surface area contributed by atoms with E-state index in [2.05, 4.69) is 26.0 Å². The highest BCUT2D eigenvalue weighted by Crippen LogP contribution is 2.39. The van der Waals surface area contributed by atoms with E-state index in [1.807, 2.05) is 32.3 Å². The molecule has 180 valence electrons. The number of hydrogen-bond donors (Lipinski definition) is 0. The van der Waals surface area contributed by atoms with Gasteiger partial charge in [0.25, 0.3) is 0 Å². The van der Waals surface area contributed by atoms with Gasteiger partial charge in [0.1, 0.15) is 12.6 Å². The SMILES string of the molecule is C[C@@H]1CC[C@@H]([C@H](C)c2ccccc2)[C@H](OC(=O)C[N+](C)(C)Cc2ccc(C(F)(F)F)cc2)C1. The molecular weight excluding hydrogens is 427 g/mol. The Kier molecular flexibility index (Phi) is 7.88. The van der Waals surface area contributed by atoms with Gasteiger partial charge >= 0.3 is 12.1 Å². The molecule has 0 heterocycles. The Bertz CT molecular complexity index is 909. The van der Waals surface area contributed by atoms with Crippen molar-refractivity contribution < 1.29 is 27.2 Å². The minimum Gasteiger partial charge on any atom is -0.458 e. The molecule has 0 aliphatic heterocycles. The number of esters is 1. The van der Waals surface area contributed by atoms with Crippen molar-refractivity contribution in [1.29, 1.82) is 0 Å². The zero-order valence-electron chi connectivity index (χ0n) is 19.9. The number of nitrogens with zero attached hydrogens (tertiary/aromatic N) is 1. The van der Waals surface area contributed by atoms with Crippen molar-refractivity contribution in [3.8, 4) is 0 Å². The monoisotopic (exact) mass is 462 g/mol. The lowest BCUT2D eigenvalue weighted by molar-refractivity contribution is -0.896. The van der Waals surface area contributed by atoms with Crippen LogP contribution in [-0.4, -0.2) is 37.2 Å². The lowest BCUT2D eigenvalue weighted by Crippen LogP contribution is -2.45. The molecule has 1 saturated carbocycles. The average molecular weight is 463 g/mol. The van der Waals surface area contributed by atoms with E-state index in [9.17, 15) is 18.0 Å². The molecule has 0 amide bonds. The Morgan fingerprint density at radius 2 is 1.70 bits per heavy atom. The van der Waals surface area contributed by atoms with E-state index in [0.29, 0.717) is 22.9 Å². The smallest absolute Gasteiger partial charge is 0.416 e. The van der Waals surface area contributed by atoms with E-state index >= 15 is 0 Å². The Labute approximate surface area is 195 Å². The maximum absolute atomic E-state index is 12.9. The van der Waals surface area contributed by atoms with Crippen LogP contribution in [0, 0.1) is 11.8 Å². The third-order valence-corrected chi connectivity index (χ3v) is 6.80. The largest absolute Gasteiger partial charge is 0.458 e. The van der Waals surface area contributed by atoms with Gasteiger partial charge in [-0.1, -0.05) is 62.7 Å². The van der Waals surface area contributed by atoms with Gasteiger partial charge in [-0.2, -0.15) is 13.2 Å². The molecular formula is C27H35F3NO2+. The fourth-order valence-electron chi connectivity index (χ4n) is 4.97. The summed E-state index contributed by atoms with van der Waals surface area (Å²) in [6, 6.07) is 15.5. The molecule has 1 aliphatic carbocycles. The van der Waals surface area contributed by atoms with E-state index in [0.717, 1.165) is 37.0 Å². The van der Waals surface area contributed by atoms with Gasteiger partial charge in [0.15, 0.2) is 6.54 Å². The second-order valence-electron chi connectivity index (χ2n) is 10.3. The van der Waals surface area contributed by atoms with Crippen LogP contribution in [0.1, 0.15) is 55.7 Å². The Balaban J connectivity index is 1.63. The predicted octanol–water partition coefficient (Wildman–Crippen LogP) is 6.43. The summed E-state index contributed by atoms with van der Waals surface area (Å²) in [5.74, 6) is 0.831. The first kappa shape index (κ1) is 25.3. The van der Waals surface area contributed by atoms with Crippen LogP contribution in [0.5, 0.6) is 0 Å². The first-order valence-corrected chi connectivity index (χ1v) is 11.7. The third-order valence-electron chi connectivity index (χ3n) is 6.80. The highest BCUT2D eigenvalue weighted by Gasteiger charge is 2.36. The van der Waals surface area contributed by atoms with Crippen LogP contribution >= 0.6 is 0 Å². The lowest BCUT2D eigenvalue weighted by Gasteiger charge is -2.38. The second-order valence-corrected chi connectivity index (χ2v) is 10.3. The summed E-state index contributed by atoms with van der Waals surface area (Å²) >= 11 is 0. The summed E-state index contributed by atoms with van der Waals surface area (Å²) in [6.45, 7) is 5.02. The Morgan fingerprint density at radius 3 is 2.30 bits per heavy atom. The molecule has 0 radical (unpaired) electrons. The van der Waals surface area contributed by atoms with Gasteiger partial charge in [-0.25, -0.2) is 4.79 Å². The van der Waals surface area contributed by atoms with E-state index in [1.54, 1.807) is 0 Å². The molecule has 1 fully saturated rings. The number of rotatable bonds is 7. The fraction of sp³-hybridized carbons (Fsp3) is 0.519. The number of alkyl halides is 3. The maximum atomic E-state index is 12.9. The van der Waals surface area contributed by atoms with Crippen molar-refractivity contribution in [3.05, 3.63) is 71.3 Å². The van der Waals surface area contributed by atoms with Crippen LogP contribution in [0.2, 0.25) is 0 Å². The zero-order chi connectivity index (χ0) is 24.2. The lowest BCUT2D eigenvalue weighted by atomic mass is 9.73. The normalized spacial score (nSPS) is 22.6. The van der Waals surface area contributed by atoms with Gasteiger partial charge in [0, 0.05) is 11.5 Å². The number of halogens is 3. The van der Waals surface area contributed by atoms with Gasteiger partial charge in [-0.05, 0) is 42.4 Å². The number of ether oxygens (including phenoxy) is 1. The van der Waals surface area contributed by atoms with Crippen molar-refractivity contribution in [3.63, 3.8) is 0 Å². The summed E-state index contributed by atoms with van der Waals surface area (Å²) in [7, 11) is 3.79. The summed E-state index contributed by atoms with van der Waals surface area (Å²) in [4.78, 5) is 12.9. The second kappa shape index (κ2) is 10.3. The minimum absolute atomic E-state index is 0.123. The first-order chi connectivity index (χ1) is 15.4. The van der Waals surface area contributed by atoms with Crippen molar-refractivity contribution in [2.45, 2.75) is 57.9 Å². The molecule has 3 nitrogen and oxygen atoms in total. The minimum atomic E-state index is -4.35. The number of carbonyl (C=O) groups excluding carboxylic acids is 1. The summed E-state index contributed by atoms with van der Waals surface area (Å²) in [6.07, 6.45) is -1.45. The standard InChI is InChI=1S/C27H35F3NO2/c1-19-10-15-24(20(2)22-8-6-5-7-9-22)25(16-19)33-26(32)18-31(3,4)17-21-11-13-23(14-12-21)27(28,29)30/h5-9,11-14,19-20,24-25H,10,15-18H2,1-4H3/q+1/t19-,20-,24+,25-/m1/s1. The topological polar surface area (TPSA) is 26.3 Å². The van der Waals surface area contributed by atoms with E-state index < -0.39 is 11.7 Å². The van der Waals surface area contributed by atoms with E-state index in [-0.39, 0.29) is 24.5 Å². The average Bonchev–Trinajstić information content (AvgIpc) is 2.73. The summed E-state index contributed by atoms with van der Waals surface area (Å²) in [5, 5.41) is 0. The molecule has 4 atom stereocenters. The molecule has 3 rings (SSSR count). The van der Waals surface area contributed by atoms with Crippen molar-refractivity contribution in [2.24, 2.45) is 11.8 Å². The summed E-state index contributed by atoms with van der Waals surface area (Å²) < 4.78 is 44.8. The van der Waals surface area contributed by atoms with Gasteiger partial charge in [-0.3, -0.25) is 0 Å². The Hall–Kier alpha value is -2.34. The molecule has 2 aromatic rings. The highest BCUT2D eigenvalue weighted by atomic mass is 19.4. The molecule has 1 aliphatic rings. The number of likely N-dealkylation sites (N-methyl/N-ethyl adjacent to an activating group) is 1. The number of carbonyl (C=O) groups is 1. The van der Waals surface area contributed by atoms with Crippen LogP contribution in [0.4, 0.5) is 13.2 Å². The molecule has 0 N–H and O–H groups in total. The molecule has 0 unspecified atom stereocenters. The zero-order valence-corrected chi connectivity index (χ0v) is 19.9. The van der Waals surface area contributed by atoms with Crippen LogP contribution in [0.3, 0.4) is 0 Å². The number of quaternary nitrogens is 1. The Morgan fingerprint density at radius 1 is 1.06 bits per heavy atom. The van der Waals surface area contributed by atoms with Crippen LogP contribution < -0.4 is 0 Å². The molecule has 33 heavy (non-hydrogen) atoms. The number of benzene rings is 2. The third kappa shape index (κ3) is 7.07. The quantitative estimate of drug-likeness (QED) is 0.350. The van der Waals surface area contributed by atoms with Crippen LogP contribution in [0.25, 0.3) is 0 Å². The summed E-state index contributed by atoms with van der Waals surface area (Å²) in [5.41, 5.74) is 1.35. The van der Waals surface area contributed by atoms with E-state index in [4.69, 9.17) is 4.74 Å². The molecule has 2 aromatic carbocycles. The van der Waals surface area contributed by atoms with Crippen molar-refractivity contribution >= 4 is 5.97 Å². The van der Waals surface area contributed by atoms with Gasteiger partial charge in [0.05, 0.1) is 19.7 Å². The van der Waals surface area contributed by atoms with Gasteiger partial charge in [-0.15, -0.1) is 0 Å². The van der Waals surface area contributed by atoms with Gasteiger partial charge < -0.3 is 9.22 Å². The van der Waals surface area contributed by atoms with Gasteiger partial charge in [0.2, 0.25) is 0 Å².